The first-order chi connectivity index (χ1) is 18.4. The largest absolute Gasteiger partial charge is 0.465 e. The van der Waals surface area contributed by atoms with E-state index in [1.165, 1.54) is 0 Å². The minimum Gasteiger partial charge on any atom is -0.465 e. The van der Waals surface area contributed by atoms with Gasteiger partial charge in [-0.25, -0.2) is 0 Å². The normalized spacial score (nSPS) is 20.8. The third-order valence-corrected chi connectivity index (χ3v) is 5.44. The molecular formula is C24H46N4O10+2. The van der Waals surface area contributed by atoms with Crippen LogP contribution in [0.4, 0.5) is 0 Å². The SMILES string of the molecule is CCOC(=O)CNC(=O)C[NH+]1CCOCCOCC[NH+](CC(=O)NCC(=O)OCC)CCOCCOCC1. The molecular weight excluding hydrogens is 504 g/mol. The summed E-state index contributed by atoms with van der Waals surface area (Å²) >= 11 is 0. The number of amides is 2. The van der Waals surface area contributed by atoms with Crippen molar-refractivity contribution < 1.29 is 57.4 Å². The van der Waals surface area contributed by atoms with E-state index in [1.807, 2.05) is 0 Å². The Labute approximate surface area is 224 Å². The lowest BCUT2D eigenvalue weighted by molar-refractivity contribution is -0.893. The quantitative estimate of drug-likeness (QED) is 0.195. The van der Waals surface area contributed by atoms with Crippen LogP contribution in [0.1, 0.15) is 13.8 Å². The van der Waals surface area contributed by atoms with Crippen LogP contribution in [0.25, 0.3) is 0 Å². The maximum absolute atomic E-state index is 12.2. The maximum atomic E-state index is 12.2. The van der Waals surface area contributed by atoms with Crippen LogP contribution >= 0.6 is 0 Å². The lowest BCUT2D eigenvalue weighted by atomic mass is 10.4. The number of nitrogens with one attached hydrogen (secondary N) is 4. The average Bonchev–Trinajstić information content (AvgIpc) is 2.88. The van der Waals surface area contributed by atoms with Crippen LogP contribution in [0.3, 0.4) is 0 Å². The van der Waals surface area contributed by atoms with Gasteiger partial charge in [0, 0.05) is 0 Å². The van der Waals surface area contributed by atoms with Crippen LogP contribution in [-0.2, 0) is 47.6 Å². The van der Waals surface area contributed by atoms with Crippen molar-refractivity contribution in [3.05, 3.63) is 0 Å². The molecule has 0 unspecified atom stereocenters. The summed E-state index contributed by atoms with van der Waals surface area (Å²) in [5.74, 6) is -1.43. The highest BCUT2D eigenvalue weighted by Crippen LogP contribution is 1.81. The van der Waals surface area contributed by atoms with Gasteiger partial charge >= 0.3 is 11.9 Å². The van der Waals surface area contributed by atoms with Crippen LogP contribution in [0.2, 0.25) is 0 Å². The Balaban J connectivity index is 2.43. The Morgan fingerprint density at radius 3 is 1.18 bits per heavy atom. The van der Waals surface area contributed by atoms with Crippen LogP contribution < -0.4 is 20.4 Å². The summed E-state index contributed by atoms with van der Waals surface area (Å²) in [6.07, 6.45) is 0. The number of hydrogen-bond donors (Lipinski definition) is 4. The summed E-state index contributed by atoms with van der Waals surface area (Å²) in [6.45, 7) is 9.72. The molecule has 0 aromatic rings. The predicted octanol–water partition coefficient (Wildman–Crippen LogP) is -4.81. The van der Waals surface area contributed by atoms with Crippen LogP contribution in [-0.4, -0.2) is 142 Å². The molecule has 0 aromatic heterocycles. The van der Waals surface area contributed by atoms with Crippen molar-refractivity contribution >= 4 is 23.8 Å². The van der Waals surface area contributed by atoms with Crippen molar-refractivity contribution in [3.63, 3.8) is 0 Å². The van der Waals surface area contributed by atoms with Crippen LogP contribution in [0.5, 0.6) is 0 Å². The highest BCUT2D eigenvalue weighted by molar-refractivity contribution is 5.82. The van der Waals surface area contributed by atoms with Gasteiger partial charge in [-0.1, -0.05) is 0 Å². The Kier molecular flexibility index (Phi) is 20.0. The smallest absolute Gasteiger partial charge is 0.325 e. The standard InChI is InChI=1S/C24H44N4O10/c1-3-37-23(31)17-25-21(29)19-27-5-9-33-13-15-35-11-7-28(8-12-36-16-14-34-10-6-27)20-22(30)26-18-24(32)38-4-2/h3-20H2,1-2H3,(H,25,29)(H,26,30)/p+2. The van der Waals surface area contributed by atoms with Gasteiger partial charge in [-0.2, -0.15) is 0 Å². The Morgan fingerprint density at radius 1 is 0.579 bits per heavy atom. The Morgan fingerprint density at radius 2 is 0.895 bits per heavy atom. The highest BCUT2D eigenvalue weighted by Gasteiger charge is 2.17. The monoisotopic (exact) mass is 550 g/mol. The molecule has 0 radical (unpaired) electrons. The number of ether oxygens (including phenoxy) is 6. The summed E-state index contributed by atoms with van der Waals surface area (Å²) < 4.78 is 32.3. The predicted molar refractivity (Wildman–Crippen MR) is 134 cm³/mol. The molecule has 0 bridgehead atoms. The molecule has 0 saturated carbocycles. The number of rotatable bonds is 10. The zero-order valence-electron chi connectivity index (χ0n) is 22.8. The molecule has 0 spiro atoms. The fourth-order valence-corrected chi connectivity index (χ4v) is 3.46. The van der Waals surface area contributed by atoms with Gasteiger partial charge in [0.25, 0.3) is 11.8 Å². The molecule has 2 amide bonds. The highest BCUT2D eigenvalue weighted by atomic mass is 16.5. The molecule has 1 fully saturated rings. The summed E-state index contributed by atoms with van der Waals surface area (Å²) in [4.78, 5) is 49.3. The van der Waals surface area contributed by atoms with E-state index in [4.69, 9.17) is 28.4 Å². The van der Waals surface area contributed by atoms with Crippen molar-refractivity contribution in [1.29, 1.82) is 0 Å². The van der Waals surface area contributed by atoms with E-state index in [-0.39, 0.29) is 51.2 Å². The lowest BCUT2D eigenvalue weighted by Crippen LogP contribution is -3.14. The first kappa shape index (κ1) is 33.7. The fraction of sp³-hybridized carbons (Fsp3) is 0.833. The van der Waals surface area contributed by atoms with Gasteiger partial charge in [-0.05, 0) is 13.8 Å². The van der Waals surface area contributed by atoms with E-state index in [0.717, 1.165) is 9.80 Å². The van der Waals surface area contributed by atoms with Crippen LogP contribution in [0.15, 0.2) is 0 Å². The van der Waals surface area contributed by atoms with E-state index < -0.39 is 11.9 Å². The van der Waals surface area contributed by atoms with E-state index in [1.54, 1.807) is 13.8 Å². The molecule has 1 rings (SSSR count). The Bertz CT molecular complexity index is 607. The van der Waals surface area contributed by atoms with Crippen molar-refractivity contribution in [2.24, 2.45) is 0 Å². The van der Waals surface area contributed by atoms with Crippen LogP contribution in [0, 0.1) is 0 Å². The topological polar surface area (TPSA) is 157 Å². The zero-order valence-corrected chi connectivity index (χ0v) is 22.8. The maximum Gasteiger partial charge on any atom is 0.325 e. The number of carbonyl (C=O) groups excluding carboxylic acids is 4. The van der Waals surface area contributed by atoms with Gasteiger partial charge in [0.15, 0.2) is 13.1 Å². The number of carbonyl (C=O) groups is 4. The Hall–Kier alpha value is -2.36. The second kappa shape index (κ2) is 22.6. The minimum absolute atomic E-state index is 0.154. The number of esters is 2. The minimum atomic E-state index is -0.468. The van der Waals surface area contributed by atoms with Crippen molar-refractivity contribution in [2.45, 2.75) is 13.8 Å². The molecule has 0 atom stereocenters. The summed E-state index contributed by atoms with van der Waals surface area (Å²) in [5.41, 5.74) is 0. The molecule has 0 aromatic carbocycles. The second-order valence-corrected chi connectivity index (χ2v) is 8.47. The van der Waals surface area contributed by atoms with Crippen molar-refractivity contribution in [1.82, 2.24) is 10.6 Å². The van der Waals surface area contributed by atoms with E-state index in [2.05, 4.69) is 10.6 Å². The fourth-order valence-electron chi connectivity index (χ4n) is 3.46. The third kappa shape index (κ3) is 18.8. The molecule has 1 aliphatic heterocycles. The number of hydrogen-bond acceptors (Lipinski definition) is 10. The first-order valence-electron chi connectivity index (χ1n) is 13.3. The second-order valence-electron chi connectivity index (χ2n) is 8.47. The molecule has 0 aliphatic carbocycles. The van der Waals surface area contributed by atoms with Crippen molar-refractivity contribution in [3.8, 4) is 0 Å². The summed E-state index contributed by atoms with van der Waals surface area (Å²) in [5, 5.41) is 5.15. The summed E-state index contributed by atoms with van der Waals surface area (Å²) in [6, 6.07) is 0. The van der Waals surface area contributed by atoms with Gasteiger partial charge < -0.3 is 48.9 Å². The molecule has 1 saturated heterocycles. The molecule has 220 valence electrons. The molecule has 1 aliphatic rings. The molecule has 14 nitrogen and oxygen atoms in total. The van der Waals surface area contributed by atoms with Gasteiger partial charge in [-0.15, -0.1) is 0 Å². The van der Waals surface area contributed by atoms with Gasteiger partial charge in [0.05, 0.1) is 66.1 Å². The first-order valence-corrected chi connectivity index (χ1v) is 13.3. The molecule has 38 heavy (non-hydrogen) atoms. The van der Waals surface area contributed by atoms with Gasteiger partial charge in [0.1, 0.15) is 39.3 Å². The summed E-state index contributed by atoms with van der Waals surface area (Å²) in [7, 11) is 0. The van der Waals surface area contributed by atoms with Gasteiger partial charge in [0.2, 0.25) is 0 Å². The number of quaternary nitrogens is 2. The van der Waals surface area contributed by atoms with Gasteiger partial charge in [-0.3, -0.25) is 19.2 Å². The van der Waals surface area contributed by atoms with E-state index in [0.29, 0.717) is 79.0 Å². The lowest BCUT2D eigenvalue weighted by Gasteiger charge is -2.20. The molecule has 1 heterocycles. The average molecular weight is 551 g/mol. The molecule has 14 heteroatoms. The zero-order chi connectivity index (χ0) is 27.8. The van der Waals surface area contributed by atoms with E-state index >= 15 is 0 Å². The third-order valence-electron chi connectivity index (χ3n) is 5.44. The van der Waals surface area contributed by atoms with E-state index in [9.17, 15) is 19.2 Å². The molecule has 4 N–H and O–H groups in total. The van der Waals surface area contributed by atoms with Crippen molar-refractivity contribution in [2.75, 3.05) is 118 Å².